The molecule has 0 radical (unpaired) electrons. The standard InChI is InChI=1S/C21H22N6O2/c28-21(18-4-9-22-14-24-18)26-10-5-15(6-11-26)20-16-13-29-12-7-17(16)25-27(20)19-3-1-2-8-23-19/h1-4,8-9,14-15H,5-7,10-13H2. The first kappa shape index (κ1) is 17.9. The van der Waals surface area contributed by atoms with Crippen LogP contribution < -0.4 is 0 Å². The number of rotatable bonds is 3. The molecule has 5 rings (SSSR count). The van der Waals surface area contributed by atoms with Gasteiger partial charge in [-0.15, -0.1) is 0 Å². The van der Waals surface area contributed by atoms with Gasteiger partial charge in [0.1, 0.15) is 12.0 Å². The number of fused-ring (bicyclic) bond motifs is 1. The molecule has 0 N–H and O–H groups in total. The second-order valence-electron chi connectivity index (χ2n) is 7.37. The lowest BCUT2D eigenvalue weighted by molar-refractivity contribution is 0.0703. The minimum atomic E-state index is -0.0329. The number of carbonyl (C=O) groups is 1. The van der Waals surface area contributed by atoms with Gasteiger partial charge in [-0.05, 0) is 31.0 Å². The van der Waals surface area contributed by atoms with E-state index in [0.29, 0.717) is 37.9 Å². The fourth-order valence-electron chi connectivity index (χ4n) is 4.22. The highest BCUT2D eigenvalue weighted by molar-refractivity contribution is 5.92. The van der Waals surface area contributed by atoms with Gasteiger partial charge in [0.05, 0.1) is 24.6 Å². The van der Waals surface area contributed by atoms with Crippen molar-refractivity contribution in [2.75, 3.05) is 19.7 Å². The number of pyridine rings is 1. The Balaban J connectivity index is 1.41. The number of aromatic nitrogens is 5. The molecule has 148 valence electrons. The number of hydrogen-bond acceptors (Lipinski definition) is 6. The lowest BCUT2D eigenvalue weighted by atomic mass is 9.89. The maximum atomic E-state index is 12.7. The summed E-state index contributed by atoms with van der Waals surface area (Å²) in [6, 6.07) is 7.54. The molecule has 0 aliphatic carbocycles. The van der Waals surface area contributed by atoms with E-state index in [1.165, 1.54) is 17.6 Å². The molecule has 8 nitrogen and oxygen atoms in total. The highest BCUT2D eigenvalue weighted by Gasteiger charge is 2.32. The molecule has 29 heavy (non-hydrogen) atoms. The van der Waals surface area contributed by atoms with Crippen LogP contribution in [0.4, 0.5) is 0 Å². The van der Waals surface area contributed by atoms with E-state index >= 15 is 0 Å². The van der Waals surface area contributed by atoms with Crippen LogP contribution in [0.5, 0.6) is 0 Å². The van der Waals surface area contributed by atoms with Crippen molar-refractivity contribution in [2.24, 2.45) is 0 Å². The maximum absolute atomic E-state index is 12.7. The number of hydrogen-bond donors (Lipinski definition) is 0. The molecule has 2 aliphatic heterocycles. The van der Waals surface area contributed by atoms with E-state index in [9.17, 15) is 4.79 Å². The monoisotopic (exact) mass is 390 g/mol. The van der Waals surface area contributed by atoms with E-state index < -0.39 is 0 Å². The first-order chi connectivity index (χ1) is 14.3. The molecule has 0 unspecified atom stereocenters. The lowest BCUT2D eigenvalue weighted by Gasteiger charge is -2.32. The number of likely N-dealkylation sites (tertiary alicyclic amines) is 1. The van der Waals surface area contributed by atoms with Crippen LogP contribution in [0.1, 0.15) is 46.2 Å². The Morgan fingerprint density at radius 1 is 1.10 bits per heavy atom. The zero-order chi connectivity index (χ0) is 19.6. The van der Waals surface area contributed by atoms with E-state index in [-0.39, 0.29) is 5.91 Å². The summed E-state index contributed by atoms with van der Waals surface area (Å²) in [6.45, 7) is 2.68. The molecule has 8 heteroatoms. The van der Waals surface area contributed by atoms with Gasteiger partial charge in [-0.1, -0.05) is 6.07 Å². The first-order valence-corrected chi connectivity index (χ1v) is 9.96. The summed E-state index contributed by atoms with van der Waals surface area (Å²) in [5.41, 5.74) is 3.94. The summed E-state index contributed by atoms with van der Waals surface area (Å²) < 4.78 is 7.73. The minimum absolute atomic E-state index is 0.0329. The van der Waals surface area contributed by atoms with E-state index in [1.807, 2.05) is 27.8 Å². The lowest BCUT2D eigenvalue weighted by Crippen LogP contribution is -2.38. The Bertz CT molecular complexity index is 997. The topological polar surface area (TPSA) is 86.0 Å². The Morgan fingerprint density at radius 3 is 2.76 bits per heavy atom. The quantitative estimate of drug-likeness (QED) is 0.681. The number of amides is 1. The molecule has 3 aromatic heterocycles. The van der Waals surface area contributed by atoms with Crippen LogP contribution >= 0.6 is 0 Å². The highest BCUT2D eigenvalue weighted by atomic mass is 16.5. The van der Waals surface area contributed by atoms with Crippen molar-refractivity contribution in [3.8, 4) is 5.82 Å². The third kappa shape index (κ3) is 3.40. The molecule has 0 atom stereocenters. The van der Waals surface area contributed by atoms with Crippen LogP contribution in [-0.2, 0) is 17.8 Å². The molecule has 0 saturated carbocycles. The summed E-state index contributed by atoms with van der Waals surface area (Å²) in [7, 11) is 0. The van der Waals surface area contributed by atoms with Crippen LogP contribution in [-0.4, -0.2) is 55.2 Å². The summed E-state index contributed by atoms with van der Waals surface area (Å²) in [5.74, 6) is 1.11. The first-order valence-electron chi connectivity index (χ1n) is 9.96. The summed E-state index contributed by atoms with van der Waals surface area (Å²) >= 11 is 0. The van der Waals surface area contributed by atoms with Gasteiger partial charge in [-0.3, -0.25) is 4.79 Å². The fourth-order valence-corrected chi connectivity index (χ4v) is 4.22. The Morgan fingerprint density at radius 2 is 2.00 bits per heavy atom. The van der Waals surface area contributed by atoms with Crippen molar-refractivity contribution in [1.82, 2.24) is 29.6 Å². The summed E-state index contributed by atoms with van der Waals surface area (Å²) in [6.07, 6.45) is 7.39. The molecule has 2 aliphatic rings. The van der Waals surface area contributed by atoms with E-state index in [2.05, 4.69) is 15.0 Å². The van der Waals surface area contributed by atoms with Gasteiger partial charge >= 0.3 is 0 Å². The molecule has 1 saturated heterocycles. The molecule has 0 spiro atoms. The summed E-state index contributed by atoms with van der Waals surface area (Å²) in [4.78, 5) is 27.1. The Kier molecular flexibility index (Phi) is 4.77. The molecular formula is C21H22N6O2. The fraction of sp³-hybridized carbons (Fsp3) is 0.381. The second-order valence-corrected chi connectivity index (χ2v) is 7.37. The Hall–Kier alpha value is -3.13. The van der Waals surface area contributed by atoms with Crippen molar-refractivity contribution in [3.05, 3.63) is 65.6 Å². The van der Waals surface area contributed by atoms with Crippen LogP contribution in [0.2, 0.25) is 0 Å². The average Bonchev–Trinajstić information content (AvgIpc) is 3.19. The van der Waals surface area contributed by atoms with Gasteiger partial charge in [0.15, 0.2) is 5.82 Å². The third-order valence-corrected chi connectivity index (χ3v) is 5.67. The highest BCUT2D eigenvalue weighted by Crippen LogP contribution is 2.35. The molecule has 3 aromatic rings. The summed E-state index contributed by atoms with van der Waals surface area (Å²) in [5, 5.41) is 4.87. The third-order valence-electron chi connectivity index (χ3n) is 5.67. The van der Waals surface area contributed by atoms with Gasteiger partial charge in [-0.2, -0.15) is 5.10 Å². The molecule has 0 bridgehead atoms. The normalized spacial score (nSPS) is 17.2. The number of carbonyl (C=O) groups excluding carboxylic acids is 1. The van der Waals surface area contributed by atoms with Crippen LogP contribution in [0.25, 0.3) is 5.82 Å². The van der Waals surface area contributed by atoms with Crippen molar-refractivity contribution in [1.29, 1.82) is 0 Å². The predicted molar refractivity (Wildman–Crippen MR) is 105 cm³/mol. The molecule has 1 amide bonds. The maximum Gasteiger partial charge on any atom is 0.272 e. The molecule has 1 fully saturated rings. The van der Waals surface area contributed by atoms with Crippen LogP contribution in [0, 0.1) is 0 Å². The van der Waals surface area contributed by atoms with Crippen molar-refractivity contribution in [2.45, 2.75) is 31.8 Å². The van der Waals surface area contributed by atoms with Crippen molar-refractivity contribution in [3.63, 3.8) is 0 Å². The molecule has 5 heterocycles. The van der Waals surface area contributed by atoms with Gasteiger partial charge < -0.3 is 9.64 Å². The van der Waals surface area contributed by atoms with Crippen LogP contribution in [0.3, 0.4) is 0 Å². The SMILES string of the molecule is O=C(c1ccncn1)N1CCC(c2c3c(nn2-c2ccccn2)CCOC3)CC1. The number of nitrogens with zero attached hydrogens (tertiary/aromatic N) is 6. The van der Waals surface area contributed by atoms with Gasteiger partial charge in [0, 0.05) is 43.4 Å². The largest absolute Gasteiger partial charge is 0.376 e. The Labute approximate surface area is 168 Å². The number of piperidine rings is 1. The van der Waals surface area contributed by atoms with Gasteiger partial charge in [0.2, 0.25) is 0 Å². The smallest absolute Gasteiger partial charge is 0.272 e. The molecular weight excluding hydrogens is 368 g/mol. The zero-order valence-corrected chi connectivity index (χ0v) is 16.1. The van der Waals surface area contributed by atoms with Gasteiger partial charge in [0.25, 0.3) is 5.91 Å². The minimum Gasteiger partial charge on any atom is -0.376 e. The average molecular weight is 390 g/mol. The van der Waals surface area contributed by atoms with Gasteiger partial charge in [-0.25, -0.2) is 19.6 Å². The van der Waals surface area contributed by atoms with Crippen molar-refractivity contribution >= 4 is 5.91 Å². The molecule has 0 aromatic carbocycles. The second kappa shape index (κ2) is 7.71. The zero-order valence-electron chi connectivity index (χ0n) is 16.1. The van der Waals surface area contributed by atoms with E-state index in [4.69, 9.17) is 9.84 Å². The van der Waals surface area contributed by atoms with Crippen molar-refractivity contribution < 1.29 is 9.53 Å². The van der Waals surface area contributed by atoms with E-state index in [0.717, 1.165) is 30.8 Å². The number of ether oxygens (including phenoxy) is 1. The van der Waals surface area contributed by atoms with E-state index in [1.54, 1.807) is 18.5 Å². The predicted octanol–water partition coefficient (Wildman–Crippen LogP) is 2.15. The van der Waals surface area contributed by atoms with Crippen LogP contribution in [0.15, 0.2) is 43.0 Å².